The Hall–Kier alpha value is -2.16. The Kier molecular flexibility index (Phi) is 8.03. The van der Waals surface area contributed by atoms with Crippen LogP contribution < -0.4 is 4.74 Å². The largest absolute Gasteiger partial charge is 0.481 e. The first-order chi connectivity index (χ1) is 16.6. The predicted molar refractivity (Wildman–Crippen MR) is 146 cm³/mol. The van der Waals surface area contributed by atoms with Crippen molar-refractivity contribution in [3.8, 4) is 5.88 Å². The van der Waals surface area contributed by atoms with Gasteiger partial charge in [-0.15, -0.1) is 0 Å². The van der Waals surface area contributed by atoms with Gasteiger partial charge in [-0.2, -0.15) is 0 Å². The fourth-order valence-corrected chi connectivity index (χ4v) is 5.45. The molecule has 0 radical (unpaired) electrons. The highest BCUT2D eigenvalue weighted by Crippen LogP contribution is 2.34. The van der Waals surface area contributed by atoms with Crippen LogP contribution in [0.25, 0.3) is 11.2 Å². The SMILES string of the molecule is COc1cc(C2CCCN(C(C)c3cnc4c(c3)nc(C)n4COCCS(C)(C)C)C2)cc(C)n1. The lowest BCUT2D eigenvalue weighted by molar-refractivity contribution is 0.0906. The second kappa shape index (κ2) is 10.8. The molecule has 0 spiro atoms. The highest BCUT2D eigenvalue weighted by atomic mass is 32.3. The van der Waals surface area contributed by atoms with E-state index in [1.54, 1.807) is 7.11 Å². The molecule has 1 aliphatic heterocycles. The molecule has 0 bridgehead atoms. The van der Waals surface area contributed by atoms with Crippen molar-refractivity contribution in [3.63, 3.8) is 0 Å². The number of rotatable bonds is 9. The summed E-state index contributed by atoms with van der Waals surface area (Å²) in [7, 11) is 1.14. The lowest BCUT2D eigenvalue weighted by atomic mass is 9.89. The van der Waals surface area contributed by atoms with Gasteiger partial charge in [-0.3, -0.25) is 9.47 Å². The molecular weight excluding hydrogens is 458 g/mol. The van der Waals surface area contributed by atoms with Crippen LogP contribution in [0.15, 0.2) is 24.4 Å². The molecule has 2 unspecified atom stereocenters. The average Bonchev–Trinajstić information content (AvgIpc) is 3.14. The van der Waals surface area contributed by atoms with Crippen LogP contribution >= 0.6 is 10.0 Å². The Morgan fingerprint density at radius 1 is 1.14 bits per heavy atom. The van der Waals surface area contributed by atoms with Crippen molar-refractivity contribution in [2.24, 2.45) is 0 Å². The van der Waals surface area contributed by atoms with Gasteiger partial charge in [0, 0.05) is 36.3 Å². The third-order valence-electron chi connectivity index (χ3n) is 6.97. The van der Waals surface area contributed by atoms with Gasteiger partial charge in [0.05, 0.1) is 13.7 Å². The van der Waals surface area contributed by atoms with Crippen molar-refractivity contribution in [2.45, 2.75) is 52.3 Å². The Balaban J connectivity index is 1.46. The lowest BCUT2D eigenvalue weighted by Gasteiger charge is -2.37. The summed E-state index contributed by atoms with van der Waals surface area (Å²) < 4.78 is 13.5. The molecule has 8 heteroatoms. The smallest absolute Gasteiger partial charge is 0.213 e. The molecule has 2 atom stereocenters. The molecule has 0 aromatic carbocycles. The summed E-state index contributed by atoms with van der Waals surface area (Å²) in [5.74, 6) is 3.23. The number of pyridine rings is 2. The number of nitrogens with zero attached hydrogens (tertiary/aromatic N) is 5. The number of imidazole rings is 1. The van der Waals surface area contributed by atoms with Gasteiger partial charge in [0.25, 0.3) is 0 Å². The molecule has 1 aliphatic rings. The maximum Gasteiger partial charge on any atom is 0.213 e. The maximum absolute atomic E-state index is 5.98. The van der Waals surface area contributed by atoms with E-state index in [1.807, 2.05) is 20.0 Å². The van der Waals surface area contributed by atoms with E-state index in [4.69, 9.17) is 19.4 Å². The first kappa shape index (κ1) is 25.9. The molecule has 4 heterocycles. The Bertz CT molecular complexity index is 1160. The van der Waals surface area contributed by atoms with Crippen LogP contribution in [0.1, 0.15) is 54.4 Å². The van der Waals surface area contributed by atoms with Gasteiger partial charge in [0.1, 0.15) is 18.1 Å². The van der Waals surface area contributed by atoms with Crippen molar-refractivity contribution in [3.05, 3.63) is 47.0 Å². The fraction of sp³-hybridized carbons (Fsp3) is 0.593. The molecule has 192 valence electrons. The van der Waals surface area contributed by atoms with Gasteiger partial charge in [-0.25, -0.2) is 25.0 Å². The van der Waals surface area contributed by atoms with E-state index in [0.717, 1.165) is 48.1 Å². The van der Waals surface area contributed by atoms with Crippen LogP contribution in [0.2, 0.25) is 0 Å². The van der Waals surface area contributed by atoms with Crippen molar-refractivity contribution >= 4 is 21.2 Å². The fourth-order valence-electron chi connectivity index (χ4n) is 4.83. The second-order valence-electron chi connectivity index (χ2n) is 10.6. The van der Waals surface area contributed by atoms with Gasteiger partial charge in [0.2, 0.25) is 5.88 Å². The summed E-state index contributed by atoms with van der Waals surface area (Å²) in [6.07, 6.45) is 11.3. The normalized spacial score (nSPS) is 18.7. The minimum absolute atomic E-state index is 0.274. The molecule has 0 amide bonds. The van der Waals surface area contributed by atoms with E-state index in [2.05, 4.69) is 58.3 Å². The van der Waals surface area contributed by atoms with Gasteiger partial charge in [-0.05, 0) is 88.1 Å². The molecule has 1 saturated heterocycles. The van der Waals surface area contributed by atoms with E-state index in [-0.39, 0.29) is 6.04 Å². The minimum Gasteiger partial charge on any atom is -0.481 e. The van der Waals surface area contributed by atoms with Gasteiger partial charge >= 0.3 is 0 Å². The lowest BCUT2D eigenvalue weighted by Crippen LogP contribution is -2.36. The van der Waals surface area contributed by atoms with E-state index in [9.17, 15) is 0 Å². The zero-order valence-electron chi connectivity index (χ0n) is 22.4. The average molecular weight is 500 g/mol. The Morgan fingerprint density at radius 3 is 2.69 bits per heavy atom. The summed E-state index contributed by atoms with van der Waals surface area (Å²) in [6, 6.07) is 6.78. The number of fused-ring (bicyclic) bond motifs is 1. The third kappa shape index (κ3) is 6.35. The quantitative estimate of drug-likeness (QED) is 0.384. The summed E-state index contributed by atoms with van der Waals surface area (Å²) >= 11 is 0. The van der Waals surface area contributed by atoms with Crippen LogP contribution in [-0.4, -0.2) is 75.7 Å². The first-order valence-corrected chi connectivity index (χ1v) is 15.5. The minimum atomic E-state index is -0.551. The van der Waals surface area contributed by atoms with Gasteiger partial charge in [-0.1, -0.05) is 0 Å². The second-order valence-corrected chi connectivity index (χ2v) is 15.2. The summed E-state index contributed by atoms with van der Waals surface area (Å²) in [5, 5.41) is 0. The van der Waals surface area contributed by atoms with Crippen LogP contribution in [0.3, 0.4) is 0 Å². The monoisotopic (exact) mass is 499 g/mol. The molecule has 3 aromatic heterocycles. The van der Waals surface area contributed by atoms with E-state index < -0.39 is 10.0 Å². The Labute approximate surface area is 211 Å². The highest BCUT2D eigenvalue weighted by Gasteiger charge is 2.27. The van der Waals surface area contributed by atoms with Crippen LogP contribution in [0, 0.1) is 13.8 Å². The number of methoxy groups -OCH3 is 1. The number of aromatic nitrogens is 4. The molecule has 1 fully saturated rings. The molecule has 4 rings (SSSR count). The summed E-state index contributed by atoms with van der Waals surface area (Å²) in [4.78, 5) is 16.7. The zero-order valence-corrected chi connectivity index (χ0v) is 23.2. The number of piperidine rings is 1. The standard InChI is InChI=1S/C27H41N5O2S/c1-19-13-23(15-26(29-19)33-4)22-9-8-10-31(17-22)20(2)24-14-25-27(28-16-24)32(21(3)30-25)18-34-11-12-35(5,6)7/h13-16,20,22H,8-12,17-18H2,1-7H3. The number of hydrogen-bond acceptors (Lipinski definition) is 6. The van der Waals surface area contributed by atoms with E-state index >= 15 is 0 Å². The van der Waals surface area contributed by atoms with Crippen LogP contribution in [-0.2, 0) is 11.5 Å². The third-order valence-corrected chi connectivity index (χ3v) is 8.36. The molecule has 35 heavy (non-hydrogen) atoms. The van der Waals surface area contributed by atoms with Crippen LogP contribution in [0.5, 0.6) is 5.88 Å². The molecule has 3 aromatic rings. The van der Waals surface area contributed by atoms with Crippen molar-refractivity contribution < 1.29 is 9.47 Å². The van der Waals surface area contributed by atoms with Crippen molar-refractivity contribution in [2.75, 3.05) is 51.3 Å². The maximum atomic E-state index is 5.98. The molecular formula is C27H41N5O2S. The topological polar surface area (TPSA) is 65.3 Å². The number of likely N-dealkylation sites (tertiary alicyclic amines) is 1. The number of aryl methyl sites for hydroxylation is 2. The van der Waals surface area contributed by atoms with Crippen LogP contribution in [0.4, 0.5) is 0 Å². The highest BCUT2D eigenvalue weighted by molar-refractivity contribution is 8.32. The summed E-state index contributed by atoms with van der Waals surface area (Å²) in [6.45, 7) is 9.73. The zero-order chi connectivity index (χ0) is 25.2. The van der Waals surface area contributed by atoms with E-state index in [0.29, 0.717) is 18.5 Å². The molecule has 7 nitrogen and oxygen atoms in total. The Morgan fingerprint density at radius 2 is 1.94 bits per heavy atom. The van der Waals surface area contributed by atoms with Gasteiger partial charge < -0.3 is 9.47 Å². The molecule has 0 saturated carbocycles. The van der Waals surface area contributed by atoms with Crippen molar-refractivity contribution in [1.82, 2.24) is 24.4 Å². The van der Waals surface area contributed by atoms with Gasteiger partial charge in [0.15, 0.2) is 5.65 Å². The predicted octanol–water partition coefficient (Wildman–Crippen LogP) is 5.06. The summed E-state index contributed by atoms with van der Waals surface area (Å²) in [5.41, 5.74) is 5.39. The molecule has 0 N–H and O–H groups in total. The van der Waals surface area contributed by atoms with E-state index in [1.165, 1.54) is 24.0 Å². The number of hydrogen-bond donors (Lipinski definition) is 0. The molecule has 0 aliphatic carbocycles. The first-order valence-electron chi connectivity index (χ1n) is 12.5. The van der Waals surface area contributed by atoms with Crippen molar-refractivity contribution in [1.29, 1.82) is 0 Å². The number of ether oxygens (including phenoxy) is 2.